The first-order chi connectivity index (χ1) is 33.4. The van der Waals surface area contributed by atoms with Crippen LogP contribution < -0.4 is 31.9 Å². The summed E-state index contributed by atoms with van der Waals surface area (Å²) in [5.41, 5.74) is 11.2. The number of rotatable bonds is 14. The van der Waals surface area contributed by atoms with E-state index in [1.165, 1.54) is 58.8 Å². The summed E-state index contributed by atoms with van der Waals surface area (Å²) in [7, 11) is -29.1. The van der Waals surface area contributed by atoms with E-state index in [2.05, 4.69) is 31.9 Å². The molecule has 26 nitrogen and oxygen atoms in total. The first kappa shape index (κ1) is 51.0. The highest BCUT2D eigenvalue weighted by Crippen LogP contribution is 2.37. The van der Waals surface area contributed by atoms with Gasteiger partial charge in [-0.3, -0.25) is 49.0 Å². The second-order valence-corrected chi connectivity index (χ2v) is 23.5. The number of hydrogen-bond acceptors (Lipinski definition) is 20. The fourth-order valence-electron chi connectivity index (χ4n) is 6.96. The molecular formula is C40H32N8O18S6. The second kappa shape index (κ2) is 18.4. The Hall–Kier alpha value is -7.34. The standard InChI is InChI=1S/C40H32N8O18S6/c49-67(50,51)31-13-15-33-35(21-31)45-47(43-33)29-11-7-25(39(19-29)71(61,62)63)3-1-23-5-9-27(17-37(23)69(55,56)57)41-42-28-10-6-24(38(18-28)70(58,59)60)2-4-26-8-12-30(20-40(26)72(64,65)66)48-44-34-16-14-32(68(52,53)54)22-36(34)46-48/h1-22,43-46H,(H,49,50,51)(H,52,53,54)(H,55,56,57)(H,58,59,60)(H,61,62,63)(H,64,65,66)/b3-1+,4-2+,42-41?. The summed E-state index contributed by atoms with van der Waals surface area (Å²) in [5, 5.41) is 10.2. The molecule has 376 valence electrons. The Morgan fingerprint density at radius 2 is 0.625 bits per heavy atom. The topological polar surface area (TPSA) is 406 Å². The Bertz CT molecular complexity index is 3820. The van der Waals surface area contributed by atoms with Crippen molar-refractivity contribution >= 4 is 131 Å². The zero-order valence-corrected chi connectivity index (χ0v) is 40.4. The zero-order valence-electron chi connectivity index (χ0n) is 35.5. The van der Waals surface area contributed by atoms with Crippen LogP contribution in [0.15, 0.2) is 149 Å². The molecule has 10 N–H and O–H groups in total. The van der Waals surface area contributed by atoms with Gasteiger partial charge in [-0.2, -0.15) is 71.0 Å². The number of anilines is 6. The van der Waals surface area contributed by atoms with Crippen LogP contribution in [0.1, 0.15) is 22.3 Å². The van der Waals surface area contributed by atoms with E-state index in [0.29, 0.717) is 11.4 Å². The van der Waals surface area contributed by atoms with E-state index in [9.17, 15) is 77.8 Å². The molecule has 0 radical (unpaired) electrons. The highest BCUT2D eigenvalue weighted by molar-refractivity contribution is 7.87. The molecule has 0 saturated heterocycles. The largest absolute Gasteiger partial charge is 0.295 e. The van der Waals surface area contributed by atoms with Gasteiger partial charge in [0.2, 0.25) is 0 Å². The van der Waals surface area contributed by atoms with Crippen LogP contribution in [-0.4, -0.2) is 77.8 Å². The van der Waals surface area contributed by atoms with Crippen LogP contribution in [-0.2, 0) is 60.7 Å². The van der Waals surface area contributed by atoms with Crippen molar-refractivity contribution in [2.75, 3.05) is 31.9 Å². The highest BCUT2D eigenvalue weighted by Gasteiger charge is 2.26. The Morgan fingerprint density at radius 1 is 0.333 bits per heavy atom. The molecule has 6 aromatic rings. The lowest BCUT2D eigenvalue weighted by atomic mass is 10.1. The summed E-state index contributed by atoms with van der Waals surface area (Å²) in [6.45, 7) is 0. The molecule has 2 heterocycles. The molecule has 0 spiro atoms. The van der Waals surface area contributed by atoms with Crippen molar-refractivity contribution in [2.24, 2.45) is 10.2 Å². The summed E-state index contributed by atoms with van der Waals surface area (Å²) < 4.78 is 206. The van der Waals surface area contributed by atoms with Crippen LogP contribution in [0, 0.1) is 0 Å². The summed E-state index contributed by atoms with van der Waals surface area (Å²) in [5.74, 6) is 0. The number of fused-ring (bicyclic) bond motifs is 2. The summed E-state index contributed by atoms with van der Waals surface area (Å²) >= 11 is 0. The van der Waals surface area contributed by atoms with Crippen LogP contribution in [0.25, 0.3) is 24.3 Å². The van der Waals surface area contributed by atoms with Gasteiger partial charge in [-0.25, -0.2) is 0 Å². The molecule has 6 aromatic carbocycles. The van der Waals surface area contributed by atoms with E-state index < -0.39 is 90.1 Å². The minimum absolute atomic E-state index is 0.0798. The van der Waals surface area contributed by atoms with Gasteiger partial charge in [-0.15, -0.1) is 0 Å². The number of hydrazine groups is 4. The van der Waals surface area contributed by atoms with Gasteiger partial charge < -0.3 is 0 Å². The van der Waals surface area contributed by atoms with Gasteiger partial charge in [0.15, 0.2) is 0 Å². The second-order valence-electron chi connectivity index (χ2n) is 15.1. The van der Waals surface area contributed by atoms with Crippen molar-refractivity contribution in [3.8, 4) is 0 Å². The van der Waals surface area contributed by atoms with Gasteiger partial charge in [0.1, 0.15) is 19.6 Å². The Kier molecular flexibility index (Phi) is 13.0. The zero-order chi connectivity index (χ0) is 52.3. The van der Waals surface area contributed by atoms with Crippen LogP contribution in [0.5, 0.6) is 0 Å². The Labute approximate surface area is 409 Å². The molecule has 72 heavy (non-hydrogen) atoms. The van der Waals surface area contributed by atoms with Crippen LogP contribution >= 0.6 is 0 Å². The summed E-state index contributed by atoms with van der Waals surface area (Å²) in [6, 6.07) is 20.8. The average Bonchev–Trinajstić information content (AvgIpc) is 3.92. The molecule has 0 unspecified atom stereocenters. The normalized spacial score (nSPS) is 14.3. The maximum Gasteiger partial charge on any atom is 0.295 e. The van der Waals surface area contributed by atoms with Crippen molar-refractivity contribution in [1.29, 1.82) is 0 Å². The quantitative estimate of drug-likeness (QED) is 0.0326. The lowest BCUT2D eigenvalue weighted by Crippen LogP contribution is -2.29. The number of benzene rings is 6. The van der Waals surface area contributed by atoms with Crippen molar-refractivity contribution < 1.29 is 77.8 Å². The van der Waals surface area contributed by atoms with E-state index in [1.807, 2.05) is 0 Å². The molecule has 0 saturated carbocycles. The third kappa shape index (κ3) is 11.2. The first-order valence-electron chi connectivity index (χ1n) is 19.6. The monoisotopic (exact) mass is 1100 g/mol. The van der Waals surface area contributed by atoms with E-state index in [4.69, 9.17) is 0 Å². The van der Waals surface area contributed by atoms with Crippen molar-refractivity contribution in [3.05, 3.63) is 131 Å². The molecule has 0 aliphatic carbocycles. The maximum absolute atomic E-state index is 12.5. The molecule has 0 amide bonds. The van der Waals surface area contributed by atoms with Crippen molar-refractivity contribution in [3.63, 3.8) is 0 Å². The molecule has 8 rings (SSSR count). The number of azo groups is 1. The summed E-state index contributed by atoms with van der Waals surface area (Å²) in [4.78, 5) is -3.70. The fourth-order valence-corrected chi connectivity index (χ4v) is 10.8. The molecule has 0 aromatic heterocycles. The predicted octanol–water partition coefficient (Wildman–Crippen LogP) is 6.27. The van der Waals surface area contributed by atoms with Crippen LogP contribution in [0.3, 0.4) is 0 Å². The van der Waals surface area contributed by atoms with E-state index in [-0.39, 0.29) is 56.4 Å². The highest BCUT2D eigenvalue weighted by atomic mass is 32.2. The number of nitrogens with zero attached hydrogens (tertiary/aromatic N) is 4. The van der Waals surface area contributed by atoms with Gasteiger partial charge in [0.05, 0.1) is 55.3 Å². The molecule has 0 atom stereocenters. The summed E-state index contributed by atoms with van der Waals surface area (Å²) in [6.07, 6.45) is 4.41. The maximum atomic E-state index is 12.5. The number of hydrogen-bond donors (Lipinski definition) is 10. The predicted molar refractivity (Wildman–Crippen MR) is 259 cm³/mol. The van der Waals surface area contributed by atoms with Crippen molar-refractivity contribution in [1.82, 2.24) is 0 Å². The van der Waals surface area contributed by atoms with Gasteiger partial charge in [0, 0.05) is 0 Å². The molecule has 0 fully saturated rings. The van der Waals surface area contributed by atoms with Crippen LogP contribution in [0.4, 0.5) is 45.5 Å². The van der Waals surface area contributed by atoms with Gasteiger partial charge in [-0.1, -0.05) is 48.6 Å². The molecule has 0 bridgehead atoms. The van der Waals surface area contributed by atoms with E-state index in [1.54, 1.807) is 0 Å². The fraction of sp³-hybridized carbons (Fsp3) is 0. The minimum Gasteiger partial charge on any atom is -0.282 e. The smallest absolute Gasteiger partial charge is 0.282 e. The molecule has 32 heteroatoms. The van der Waals surface area contributed by atoms with Gasteiger partial charge >= 0.3 is 0 Å². The lowest BCUT2D eigenvalue weighted by Gasteiger charge is -2.20. The van der Waals surface area contributed by atoms with Crippen molar-refractivity contribution in [2.45, 2.75) is 29.4 Å². The Morgan fingerprint density at radius 3 is 0.931 bits per heavy atom. The third-order valence-electron chi connectivity index (χ3n) is 10.3. The molecule has 2 aliphatic heterocycles. The lowest BCUT2D eigenvalue weighted by molar-refractivity contribution is 0.480. The number of nitrogens with one attached hydrogen (secondary N) is 4. The molecule has 2 aliphatic rings. The molecular weight excluding hydrogens is 1070 g/mol. The van der Waals surface area contributed by atoms with Crippen LogP contribution in [0.2, 0.25) is 0 Å². The Balaban J connectivity index is 1.02. The van der Waals surface area contributed by atoms with E-state index >= 15 is 0 Å². The minimum atomic E-state index is -5.04. The van der Waals surface area contributed by atoms with Gasteiger partial charge in [-0.05, 0) is 107 Å². The third-order valence-corrected chi connectivity index (χ3v) is 15.6. The van der Waals surface area contributed by atoms with Gasteiger partial charge in [0.25, 0.3) is 60.7 Å². The van der Waals surface area contributed by atoms with E-state index in [0.717, 1.165) is 85.0 Å². The average molecular weight is 1110 g/mol. The SMILES string of the molecule is O=S(=O)(O)c1ccc2c(c1)NN(c1ccc(/C=C/c3ccc(N=Nc4ccc(/C=C/c5ccc(N6Nc7ccc(S(=O)(=O)O)cc7N6)cc5S(=O)(=O)O)c(S(=O)(=O)O)c4)cc3S(=O)(=O)O)c(S(=O)(=O)O)c1)N2. The first-order valence-corrected chi connectivity index (χ1v) is 28.2.